The maximum atomic E-state index is 9.57. The molecule has 0 saturated heterocycles. The largest absolute Gasteiger partial charge is 0.396 e. The molecule has 2 N–H and O–H groups in total. The van der Waals surface area contributed by atoms with Crippen LogP contribution in [0.5, 0.6) is 0 Å². The topological polar surface area (TPSA) is 32.3 Å². The highest BCUT2D eigenvalue weighted by atomic mass is 16.3. The van der Waals surface area contributed by atoms with Gasteiger partial charge in [0.25, 0.3) is 0 Å². The third kappa shape index (κ3) is 4.26. The molecule has 0 aromatic heterocycles. The van der Waals surface area contributed by atoms with Crippen molar-refractivity contribution in [2.24, 2.45) is 17.3 Å². The predicted octanol–water partition coefficient (Wildman–Crippen LogP) is 3.20. The standard InChI is InChI=1S/C15H31NO/c1-5-15(6-2,11-17)10-16-14-8-12(3)7-13(4)9-14/h12-14,16-17H,5-11H2,1-4H3. The second-order valence-electron chi connectivity index (χ2n) is 6.36. The first kappa shape index (κ1) is 15.0. The maximum Gasteiger partial charge on any atom is 0.0499 e. The zero-order valence-electron chi connectivity index (χ0n) is 12.1. The van der Waals surface area contributed by atoms with Crippen molar-refractivity contribution in [3.05, 3.63) is 0 Å². The van der Waals surface area contributed by atoms with Gasteiger partial charge in [-0.1, -0.05) is 27.7 Å². The molecule has 0 aliphatic heterocycles. The van der Waals surface area contributed by atoms with Crippen LogP contribution >= 0.6 is 0 Å². The Kier molecular flexibility index (Phi) is 5.94. The lowest BCUT2D eigenvalue weighted by molar-refractivity contribution is 0.103. The van der Waals surface area contributed by atoms with Gasteiger partial charge in [0.2, 0.25) is 0 Å². The molecule has 1 saturated carbocycles. The van der Waals surface area contributed by atoms with E-state index in [-0.39, 0.29) is 5.41 Å². The first-order valence-electron chi connectivity index (χ1n) is 7.39. The van der Waals surface area contributed by atoms with Gasteiger partial charge in [-0.05, 0) is 43.9 Å². The van der Waals surface area contributed by atoms with Crippen molar-refractivity contribution >= 4 is 0 Å². The molecule has 0 bridgehead atoms. The Labute approximate surface area is 107 Å². The van der Waals surface area contributed by atoms with Crippen LogP contribution in [-0.4, -0.2) is 24.3 Å². The van der Waals surface area contributed by atoms with Gasteiger partial charge in [-0.25, -0.2) is 0 Å². The lowest BCUT2D eigenvalue weighted by Crippen LogP contribution is -2.44. The van der Waals surface area contributed by atoms with Crippen molar-refractivity contribution in [1.82, 2.24) is 5.32 Å². The zero-order valence-corrected chi connectivity index (χ0v) is 12.1. The predicted molar refractivity (Wildman–Crippen MR) is 74.1 cm³/mol. The molecule has 0 aromatic rings. The Morgan fingerprint density at radius 2 is 1.59 bits per heavy atom. The summed E-state index contributed by atoms with van der Waals surface area (Å²) in [6.07, 6.45) is 6.11. The highest BCUT2D eigenvalue weighted by molar-refractivity contribution is 4.84. The number of hydrogen-bond donors (Lipinski definition) is 2. The molecule has 0 spiro atoms. The molecule has 2 unspecified atom stereocenters. The second-order valence-corrected chi connectivity index (χ2v) is 6.36. The molecular formula is C15H31NO. The summed E-state index contributed by atoms with van der Waals surface area (Å²) in [7, 11) is 0. The molecule has 0 heterocycles. The quantitative estimate of drug-likeness (QED) is 0.748. The monoisotopic (exact) mass is 241 g/mol. The molecule has 1 rings (SSSR count). The second kappa shape index (κ2) is 6.75. The van der Waals surface area contributed by atoms with E-state index in [0.29, 0.717) is 12.6 Å². The number of rotatable bonds is 6. The smallest absolute Gasteiger partial charge is 0.0499 e. The van der Waals surface area contributed by atoms with Gasteiger partial charge >= 0.3 is 0 Å². The van der Waals surface area contributed by atoms with E-state index in [1.807, 2.05) is 0 Å². The number of hydrogen-bond acceptors (Lipinski definition) is 2. The summed E-state index contributed by atoms with van der Waals surface area (Å²) >= 11 is 0. The van der Waals surface area contributed by atoms with Crippen molar-refractivity contribution in [1.29, 1.82) is 0 Å². The number of aliphatic hydroxyl groups excluding tert-OH is 1. The molecule has 0 aromatic carbocycles. The first-order valence-corrected chi connectivity index (χ1v) is 7.39. The van der Waals surface area contributed by atoms with Crippen molar-refractivity contribution in [3.63, 3.8) is 0 Å². The Morgan fingerprint density at radius 3 is 2.00 bits per heavy atom. The van der Waals surface area contributed by atoms with Crippen LogP contribution in [0, 0.1) is 17.3 Å². The van der Waals surface area contributed by atoms with Crippen molar-refractivity contribution in [2.45, 2.75) is 65.8 Å². The van der Waals surface area contributed by atoms with Crippen LogP contribution in [0.25, 0.3) is 0 Å². The van der Waals surface area contributed by atoms with Crippen molar-refractivity contribution < 1.29 is 5.11 Å². The van der Waals surface area contributed by atoms with E-state index in [2.05, 4.69) is 33.0 Å². The van der Waals surface area contributed by atoms with E-state index in [9.17, 15) is 5.11 Å². The molecule has 1 aliphatic rings. The molecule has 0 amide bonds. The van der Waals surface area contributed by atoms with Gasteiger partial charge in [-0.3, -0.25) is 0 Å². The van der Waals surface area contributed by atoms with Gasteiger partial charge in [0.05, 0.1) is 0 Å². The molecule has 1 fully saturated rings. The third-order valence-corrected chi connectivity index (χ3v) is 4.78. The van der Waals surface area contributed by atoms with E-state index in [4.69, 9.17) is 0 Å². The minimum atomic E-state index is 0.101. The summed E-state index contributed by atoms with van der Waals surface area (Å²) in [6, 6.07) is 0.665. The van der Waals surface area contributed by atoms with Crippen molar-refractivity contribution in [3.8, 4) is 0 Å². The number of nitrogens with one attached hydrogen (secondary N) is 1. The van der Waals surface area contributed by atoms with Gasteiger partial charge in [0, 0.05) is 24.6 Å². The molecular weight excluding hydrogens is 210 g/mol. The van der Waals surface area contributed by atoms with Crippen LogP contribution in [0.1, 0.15) is 59.8 Å². The van der Waals surface area contributed by atoms with Crippen LogP contribution < -0.4 is 5.32 Å². The van der Waals surface area contributed by atoms with E-state index < -0.39 is 0 Å². The fourth-order valence-electron chi connectivity index (χ4n) is 3.25. The van der Waals surface area contributed by atoms with E-state index in [1.165, 1.54) is 19.3 Å². The fourth-order valence-corrected chi connectivity index (χ4v) is 3.25. The van der Waals surface area contributed by atoms with Crippen LogP contribution in [0.4, 0.5) is 0 Å². The Hall–Kier alpha value is -0.0800. The molecule has 17 heavy (non-hydrogen) atoms. The number of aliphatic hydroxyl groups is 1. The van der Waals surface area contributed by atoms with Crippen LogP contribution in [-0.2, 0) is 0 Å². The van der Waals surface area contributed by atoms with Gasteiger partial charge < -0.3 is 10.4 Å². The average molecular weight is 241 g/mol. The minimum Gasteiger partial charge on any atom is -0.396 e. The van der Waals surface area contributed by atoms with Crippen molar-refractivity contribution in [2.75, 3.05) is 13.2 Å². The third-order valence-electron chi connectivity index (χ3n) is 4.78. The zero-order chi connectivity index (χ0) is 12.9. The van der Waals surface area contributed by atoms with Crippen LogP contribution in [0.15, 0.2) is 0 Å². The molecule has 2 heteroatoms. The molecule has 1 aliphatic carbocycles. The summed E-state index contributed by atoms with van der Waals surface area (Å²) in [5.74, 6) is 1.70. The highest BCUT2D eigenvalue weighted by Crippen LogP contribution is 2.30. The van der Waals surface area contributed by atoms with Crippen LogP contribution in [0.2, 0.25) is 0 Å². The van der Waals surface area contributed by atoms with Gasteiger partial charge in [-0.2, -0.15) is 0 Å². The average Bonchev–Trinajstić information content (AvgIpc) is 2.30. The van der Waals surface area contributed by atoms with Gasteiger partial charge in [0.15, 0.2) is 0 Å². The highest BCUT2D eigenvalue weighted by Gasteiger charge is 2.28. The Morgan fingerprint density at radius 1 is 1.06 bits per heavy atom. The van der Waals surface area contributed by atoms with E-state index in [1.54, 1.807) is 0 Å². The summed E-state index contributed by atoms with van der Waals surface area (Å²) in [5, 5.41) is 13.3. The SMILES string of the molecule is CCC(CC)(CO)CNC1CC(C)CC(C)C1. The summed E-state index contributed by atoms with van der Waals surface area (Å²) in [4.78, 5) is 0. The summed E-state index contributed by atoms with van der Waals surface area (Å²) in [5.41, 5.74) is 0.101. The van der Waals surface area contributed by atoms with Gasteiger partial charge in [-0.15, -0.1) is 0 Å². The summed E-state index contributed by atoms with van der Waals surface area (Å²) < 4.78 is 0. The molecule has 102 valence electrons. The lowest BCUT2D eigenvalue weighted by atomic mass is 9.79. The van der Waals surface area contributed by atoms with Gasteiger partial charge in [0.1, 0.15) is 0 Å². The normalized spacial score (nSPS) is 30.5. The fraction of sp³-hybridized carbons (Fsp3) is 1.00. The first-order chi connectivity index (χ1) is 8.05. The van der Waals surface area contributed by atoms with E-state index in [0.717, 1.165) is 31.2 Å². The minimum absolute atomic E-state index is 0.101. The van der Waals surface area contributed by atoms with Crippen LogP contribution in [0.3, 0.4) is 0 Å². The Bertz CT molecular complexity index is 195. The lowest BCUT2D eigenvalue weighted by Gasteiger charge is -2.36. The summed E-state index contributed by atoms with van der Waals surface area (Å²) in [6.45, 7) is 10.4. The maximum absolute atomic E-state index is 9.57. The molecule has 0 radical (unpaired) electrons. The molecule has 2 nitrogen and oxygen atoms in total. The Balaban J connectivity index is 2.43. The molecule has 2 atom stereocenters. The van der Waals surface area contributed by atoms with E-state index >= 15 is 0 Å².